The van der Waals surface area contributed by atoms with Gasteiger partial charge in [-0.2, -0.15) is 0 Å². The van der Waals surface area contributed by atoms with Crippen LogP contribution in [0.4, 0.5) is 10.2 Å². The van der Waals surface area contributed by atoms with Gasteiger partial charge in [0.25, 0.3) is 0 Å². The zero-order chi connectivity index (χ0) is 10.4. The monoisotopic (exact) mass is 216 g/mol. The highest BCUT2D eigenvalue weighted by atomic mass is 35.5. The molecule has 0 fully saturated rings. The standard InChI is InChI=1S/C10H14ClFN2/c1-2-8(11)5-7-14-10-9(12)4-3-6-13-10/h3-4,6,8H,2,5,7H2,1H3,(H,13,14). The van der Waals surface area contributed by atoms with Crippen molar-refractivity contribution in [2.75, 3.05) is 11.9 Å². The lowest BCUT2D eigenvalue weighted by molar-refractivity contribution is 0.623. The van der Waals surface area contributed by atoms with Gasteiger partial charge in [0.1, 0.15) is 0 Å². The second kappa shape index (κ2) is 5.81. The Hall–Kier alpha value is -0.830. The van der Waals surface area contributed by atoms with Gasteiger partial charge in [0.15, 0.2) is 11.6 Å². The fourth-order valence-electron chi connectivity index (χ4n) is 1.07. The van der Waals surface area contributed by atoms with Crippen LogP contribution in [0.15, 0.2) is 18.3 Å². The van der Waals surface area contributed by atoms with Crippen molar-refractivity contribution in [1.82, 2.24) is 4.98 Å². The molecule has 1 rings (SSSR count). The smallest absolute Gasteiger partial charge is 0.165 e. The number of halogens is 2. The van der Waals surface area contributed by atoms with Crippen LogP contribution in [0.1, 0.15) is 19.8 Å². The molecule has 0 aromatic carbocycles. The molecule has 1 aromatic rings. The molecule has 14 heavy (non-hydrogen) atoms. The Labute approximate surface area is 88.5 Å². The number of pyridine rings is 1. The molecule has 0 saturated heterocycles. The number of hydrogen-bond acceptors (Lipinski definition) is 2. The zero-order valence-corrected chi connectivity index (χ0v) is 8.89. The quantitative estimate of drug-likeness (QED) is 0.766. The average Bonchev–Trinajstić information content (AvgIpc) is 2.20. The van der Waals surface area contributed by atoms with Crippen LogP contribution in [0.3, 0.4) is 0 Å². The Bertz CT molecular complexity index is 281. The van der Waals surface area contributed by atoms with E-state index in [1.807, 2.05) is 6.92 Å². The predicted octanol–water partition coefficient (Wildman–Crippen LogP) is 3.04. The minimum atomic E-state index is -0.324. The molecule has 2 nitrogen and oxygen atoms in total. The third kappa shape index (κ3) is 3.50. The van der Waals surface area contributed by atoms with Gasteiger partial charge in [0.05, 0.1) is 0 Å². The Balaban J connectivity index is 2.35. The number of rotatable bonds is 5. The van der Waals surface area contributed by atoms with Crippen LogP contribution in [-0.2, 0) is 0 Å². The van der Waals surface area contributed by atoms with Crippen LogP contribution >= 0.6 is 11.6 Å². The van der Waals surface area contributed by atoms with Crippen LogP contribution in [0.5, 0.6) is 0 Å². The van der Waals surface area contributed by atoms with E-state index in [-0.39, 0.29) is 11.2 Å². The fraction of sp³-hybridized carbons (Fsp3) is 0.500. The lowest BCUT2D eigenvalue weighted by atomic mass is 10.2. The minimum absolute atomic E-state index is 0.147. The predicted molar refractivity (Wildman–Crippen MR) is 57.2 cm³/mol. The second-order valence-electron chi connectivity index (χ2n) is 3.05. The highest BCUT2D eigenvalue weighted by Crippen LogP contribution is 2.10. The molecule has 1 heterocycles. The molecule has 0 radical (unpaired) electrons. The van der Waals surface area contributed by atoms with Crippen molar-refractivity contribution in [2.24, 2.45) is 0 Å². The molecular weight excluding hydrogens is 203 g/mol. The van der Waals surface area contributed by atoms with E-state index in [2.05, 4.69) is 10.3 Å². The molecular formula is C10H14ClFN2. The van der Waals surface area contributed by atoms with Crippen molar-refractivity contribution < 1.29 is 4.39 Å². The summed E-state index contributed by atoms with van der Waals surface area (Å²) in [6.45, 7) is 2.68. The summed E-state index contributed by atoms with van der Waals surface area (Å²) >= 11 is 5.92. The molecule has 0 aliphatic rings. The molecule has 0 bridgehead atoms. The summed E-state index contributed by atoms with van der Waals surface area (Å²) in [5.74, 6) is -0.0254. The van der Waals surface area contributed by atoms with Crippen LogP contribution in [0.2, 0.25) is 0 Å². The van der Waals surface area contributed by atoms with Gasteiger partial charge in [0, 0.05) is 18.1 Å². The van der Waals surface area contributed by atoms with Crippen molar-refractivity contribution >= 4 is 17.4 Å². The van der Waals surface area contributed by atoms with E-state index in [1.54, 1.807) is 12.3 Å². The molecule has 78 valence electrons. The Morgan fingerprint density at radius 2 is 2.43 bits per heavy atom. The van der Waals surface area contributed by atoms with Gasteiger partial charge in [-0.15, -0.1) is 11.6 Å². The Kier molecular flexibility index (Phi) is 4.66. The maximum atomic E-state index is 13.0. The third-order valence-corrected chi connectivity index (χ3v) is 2.48. The third-order valence-electron chi connectivity index (χ3n) is 1.95. The summed E-state index contributed by atoms with van der Waals surface area (Å²) in [6, 6.07) is 2.95. The molecule has 1 N–H and O–H groups in total. The molecule has 4 heteroatoms. The van der Waals surface area contributed by atoms with Crippen molar-refractivity contribution in [2.45, 2.75) is 25.1 Å². The van der Waals surface area contributed by atoms with Gasteiger partial charge < -0.3 is 5.32 Å². The molecule has 0 aliphatic carbocycles. The summed E-state index contributed by atoms with van der Waals surface area (Å²) in [7, 11) is 0. The molecule has 0 spiro atoms. The topological polar surface area (TPSA) is 24.9 Å². The van der Waals surface area contributed by atoms with Gasteiger partial charge in [-0.3, -0.25) is 0 Å². The first-order valence-electron chi connectivity index (χ1n) is 4.72. The summed E-state index contributed by atoms with van der Waals surface area (Å²) < 4.78 is 13.0. The van der Waals surface area contributed by atoms with E-state index in [0.717, 1.165) is 12.8 Å². The van der Waals surface area contributed by atoms with E-state index in [9.17, 15) is 4.39 Å². The van der Waals surface area contributed by atoms with Crippen molar-refractivity contribution in [3.63, 3.8) is 0 Å². The summed E-state index contributed by atoms with van der Waals surface area (Å²) in [6.07, 6.45) is 3.30. The number of nitrogens with zero attached hydrogens (tertiary/aromatic N) is 1. The minimum Gasteiger partial charge on any atom is -0.368 e. The van der Waals surface area contributed by atoms with Crippen LogP contribution < -0.4 is 5.32 Å². The fourth-order valence-corrected chi connectivity index (χ4v) is 1.18. The van der Waals surface area contributed by atoms with Crippen LogP contribution in [0, 0.1) is 5.82 Å². The Morgan fingerprint density at radius 1 is 1.64 bits per heavy atom. The van der Waals surface area contributed by atoms with Gasteiger partial charge in [-0.1, -0.05) is 6.92 Å². The first-order valence-corrected chi connectivity index (χ1v) is 5.16. The normalized spacial score (nSPS) is 12.5. The van der Waals surface area contributed by atoms with Crippen molar-refractivity contribution in [1.29, 1.82) is 0 Å². The van der Waals surface area contributed by atoms with Gasteiger partial charge in [-0.05, 0) is 25.0 Å². The summed E-state index contributed by atoms with van der Waals surface area (Å²) in [5, 5.41) is 3.06. The first kappa shape index (κ1) is 11.2. The lowest BCUT2D eigenvalue weighted by Crippen LogP contribution is -2.10. The zero-order valence-electron chi connectivity index (χ0n) is 8.13. The van der Waals surface area contributed by atoms with Crippen molar-refractivity contribution in [3.8, 4) is 0 Å². The summed E-state index contributed by atoms with van der Waals surface area (Å²) in [5.41, 5.74) is 0. The number of hydrogen-bond donors (Lipinski definition) is 1. The van der Waals surface area contributed by atoms with Gasteiger partial charge in [0.2, 0.25) is 0 Å². The highest BCUT2D eigenvalue weighted by Gasteiger charge is 2.03. The highest BCUT2D eigenvalue weighted by molar-refractivity contribution is 6.20. The van der Waals surface area contributed by atoms with Crippen LogP contribution in [0.25, 0.3) is 0 Å². The van der Waals surface area contributed by atoms with Gasteiger partial charge in [-0.25, -0.2) is 9.37 Å². The number of alkyl halides is 1. The van der Waals surface area contributed by atoms with Gasteiger partial charge >= 0.3 is 0 Å². The SMILES string of the molecule is CCC(Cl)CCNc1ncccc1F. The number of aromatic nitrogens is 1. The maximum Gasteiger partial charge on any atom is 0.165 e. The molecule has 1 unspecified atom stereocenters. The Morgan fingerprint density at radius 3 is 3.07 bits per heavy atom. The first-order chi connectivity index (χ1) is 6.74. The molecule has 0 amide bonds. The summed E-state index contributed by atoms with van der Waals surface area (Å²) in [4.78, 5) is 3.87. The largest absolute Gasteiger partial charge is 0.368 e. The number of anilines is 1. The average molecular weight is 217 g/mol. The van der Waals surface area contributed by atoms with E-state index in [1.165, 1.54) is 6.07 Å². The molecule has 0 saturated carbocycles. The van der Waals surface area contributed by atoms with E-state index < -0.39 is 0 Å². The maximum absolute atomic E-state index is 13.0. The molecule has 1 atom stereocenters. The van der Waals surface area contributed by atoms with E-state index >= 15 is 0 Å². The lowest BCUT2D eigenvalue weighted by Gasteiger charge is -2.08. The molecule has 1 aromatic heterocycles. The van der Waals surface area contributed by atoms with Crippen LogP contribution in [-0.4, -0.2) is 16.9 Å². The second-order valence-corrected chi connectivity index (χ2v) is 3.67. The van der Waals surface area contributed by atoms with Crippen molar-refractivity contribution in [3.05, 3.63) is 24.1 Å². The molecule has 0 aliphatic heterocycles. The van der Waals surface area contributed by atoms with E-state index in [0.29, 0.717) is 12.4 Å². The number of nitrogens with one attached hydrogen (secondary N) is 1. The van der Waals surface area contributed by atoms with E-state index in [4.69, 9.17) is 11.6 Å².